The van der Waals surface area contributed by atoms with E-state index in [1.165, 1.54) is 29.5 Å². The second-order valence-electron chi connectivity index (χ2n) is 6.77. The fourth-order valence-electron chi connectivity index (χ4n) is 3.53. The normalized spacial score (nSPS) is 20.4. The molecule has 0 spiro atoms. The van der Waals surface area contributed by atoms with E-state index in [4.69, 9.17) is 5.73 Å². The van der Waals surface area contributed by atoms with Gasteiger partial charge >= 0.3 is 0 Å². The molecule has 3 rings (SSSR count). The first-order valence-electron chi connectivity index (χ1n) is 8.94. The number of amides is 1. The number of hydrogen-bond acceptors (Lipinski definition) is 5. The van der Waals surface area contributed by atoms with Gasteiger partial charge in [-0.15, -0.1) is 11.8 Å². The minimum atomic E-state index is -0.427. The minimum Gasteiger partial charge on any atom is -0.341 e. The van der Waals surface area contributed by atoms with Crippen LogP contribution in [0.2, 0.25) is 0 Å². The van der Waals surface area contributed by atoms with Crippen LogP contribution >= 0.6 is 11.8 Å². The molecule has 1 unspecified atom stereocenters. The van der Waals surface area contributed by atoms with E-state index in [0.29, 0.717) is 19.6 Å². The summed E-state index contributed by atoms with van der Waals surface area (Å²) in [6.07, 6.45) is 0. The third-order valence-corrected chi connectivity index (χ3v) is 6.09. The molecule has 142 valence electrons. The van der Waals surface area contributed by atoms with E-state index in [0.717, 1.165) is 4.90 Å². The number of thioether (sulfide) groups is 1. The Morgan fingerprint density at radius 3 is 2.48 bits per heavy atom. The molecule has 1 fully saturated rings. The smallest absolute Gasteiger partial charge is 0.269 e. The maximum atomic E-state index is 12.9. The van der Waals surface area contributed by atoms with Gasteiger partial charge in [-0.1, -0.05) is 30.3 Å². The van der Waals surface area contributed by atoms with E-state index >= 15 is 0 Å². The van der Waals surface area contributed by atoms with Crippen molar-refractivity contribution in [3.63, 3.8) is 0 Å². The largest absolute Gasteiger partial charge is 0.341 e. The van der Waals surface area contributed by atoms with E-state index in [1.54, 1.807) is 12.1 Å². The highest BCUT2D eigenvalue weighted by atomic mass is 32.2. The average Bonchev–Trinajstić information content (AvgIpc) is 3.13. The second-order valence-corrected chi connectivity index (χ2v) is 8.18. The van der Waals surface area contributed by atoms with Crippen LogP contribution in [0.5, 0.6) is 0 Å². The van der Waals surface area contributed by atoms with E-state index in [-0.39, 0.29) is 28.7 Å². The van der Waals surface area contributed by atoms with Crippen molar-refractivity contribution < 1.29 is 9.72 Å². The standard InChI is InChI=1S/C20H23N3O3S/c1-14(27-18-9-7-17(8-10-18)23(25)26)20(24)22-12-16(11-21)19(13-22)15-5-3-2-4-6-15/h2-10,14,16,19H,11-13,21H2,1H3/t14?,16-,19+/m1/s1. The molecule has 0 aromatic heterocycles. The summed E-state index contributed by atoms with van der Waals surface area (Å²) in [6, 6.07) is 16.5. The average molecular weight is 385 g/mol. The number of nitro groups is 1. The lowest BCUT2D eigenvalue weighted by molar-refractivity contribution is -0.384. The van der Waals surface area contributed by atoms with Crippen molar-refractivity contribution in [1.29, 1.82) is 0 Å². The summed E-state index contributed by atoms with van der Waals surface area (Å²) in [5, 5.41) is 10.5. The lowest BCUT2D eigenvalue weighted by Crippen LogP contribution is -2.35. The molecule has 1 aliphatic rings. The number of carbonyl (C=O) groups excluding carboxylic acids is 1. The van der Waals surface area contributed by atoms with Gasteiger partial charge in [-0.3, -0.25) is 14.9 Å². The molecule has 1 amide bonds. The molecule has 0 saturated carbocycles. The van der Waals surface area contributed by atoms with Gasteiger partial charge in [-0.2, -0.15) is 0 Å². The van der Waals surface area contributed by atoms with Crippen LogP contribution in [0.4, 0.5) is 5.69 Å². The quantitative estimate of drug-likeness (QED) is 0.468. The van der Waals surface area contributed by atoms with Gasteiger partial charge in [-0.25, -0.2) is 0 Å². The van der Waals surface area contributed by atoms with Crippen molar-refractivity contribution in [2.24, 2.45) is 11.7 Å². The van der Waals surface area contributed by atoms with Crippen LogP contribution in [0.1, 0.15) is 18.4 Å². The van der Waals surface area contributed by atoms with E-state index < -0.39 is 4.92 Å². The van der Waals surface area contributed by atoms with Crippen LogP contribution < -0.4 is 5.73 Å². The second kappa shape index (κ2) is 8.54. The minimum absolute atomic E-state index is 0.0503. The molecule has 0 bridgehead atoms. The lowest BCUT2D eigenvalue weighted by atomic mass is 9.89. The number of benzene rings is 2. The van der Waals surface area contributed by atoms with Gasteiger partial charge in [0.1, 0.15) is 0 Å². The van der Waals surface area contributed by atoms with E-state index in [9.17, 15) is 14.9 Å². The number of nitrogens with zero attached hydrogens (tertiary/aromatic N) is 2. The predicted octanol–water partition coefficient (Wildman–Crippen LogP) is 3.28. The predicted molar refractivity (Wildman–Crippen MR) is 107 cm³/mol. The highest BCUT2D eigenvalue weighted by Gasteiger charge is 2.36. The summed E-state index contributed by atoms with van der Waals surface area (Å²) in [5.74, 6) is 0.597. The van der Waals surface area contributed by atoms with Gasteiger partial charge < -0.3 is 10.6 Å². The third-order valence-electron chi connectivity index (χ3n) is 4.99. The van der Waals surface area contributed by atoms with Crippen LogP contribution in [0.3, 0.4) is 0 Å². The van der Waals surface area contributed by atoms with Crippen LogP contribution in [0, 0.1) is 16.0 Å². The Hall–Kier alpha value is -2.38. The molecule has 1 heterocycles. The van der Waals surface area contributed by atoms with Crippen molar-refractivity contribution in [3.05, 3.63) is 70.3 Å². The fourth-order valence-corrected chi connectivity index (χ4v) is 4.48. The lowest BCUT2D eigenvalue weighted by Gasteiger charge is -2.21. The molecule has 3 atom stereocenters. The Balaban J connectivity index is 1.65. The monoisotopic (exact) mass is 385 g/mol. The van der Waals surface area contributed by atoms with Crippen molar-refractivity contribution in [1.82, 2.24) is 4.90 Å². The fraction of sp³-hybridized carbons (Fsp3) is 0.350. The molecule has 0 aliphatic carbocycles. The van der Waals surface area contributed by atoms with E-state index in [2.05, 4.69) is 12.1 Å². The van der Waals surface area contributed by atoms with Gasteiger partial charge in [0.15, 0.2) is 0 Å². The Labute approximate surface area is 162 Å². The van der Waals surface area contributed by atoms with Crippen LogP contribution in [0.15, 0.2) is 59.5 Å². The molecule has 2 aromatic rings. The summed E-state index contributed by atoms with van der Waals surface area (Å²) in [4.78, 5) is 26.0. The summed E-state index contributed by atoms with van der Waals surface area (Å²) >= 11 is 1.42. The molecule has 2 N–H and O–H groups in total. The zero-order valence-electron chi connectivity index (χ0n) is 15.2. The van der Waals surface area contributed by atoms with Crippen LogP contribution in [0.25, 0.3) is 0 Å². The highest BCUT2D eigenvalue weighted by Crippen LogP contribution is 2.34. The van der Waals surface area contributed by atoms with Gasteiger partial charge in [0, 0.05) is 36.0 Å². The number of nitrogens with two attached hydrogens (primary N) is 1. The van der Waals surface area contributed by atoms with Crippen molar-refractivity contribution in [2.45, 2.75) is 23.0 Å². The maximum absolute atomic E-state index is 12.9. The van der Waals surface area contributed by atoms with Gasteiger partial charge in [0.2, 0.25) is 5.91 Å². The zero-order chi connectivity index (χ0) is 19.4. The maximum Gasteiger partial charge on any atom is 0.269 e. The van der Waals surface area contributed by atoms with Crippen molar-refractivity contribution in [3.8, 4) is 0 Å². The first-order valence-corrected chi connectivity index (χ1v) is 9.82. The van der Waals surface area contributed by atoms with Crippen LogP contribution in [-0.4, -0.2) is 40.6 Å². The number of hydrogen-bond donors (Lipinski definition) is 1. The highest BCUT2D eigenvalue weighted by molar-refractivity contribution is 8.00. The number of rotatable bonds is 6. The molecule has 1 aliphatic heterocycles. The molecule has 2 aromatic carbocycles. The SMILES string of the molecule is CC(Sc1ccc([N+](=O)[O-])cc1)C(=O)N1C[C@@H](CN)[C@H](c2ccccc2)C1. The first kappa shape index (κ1) is 19.4. The molecular formula is C20H23N3O3S. The molecule has 0 radical (unpaired) electrons. The molecular weight excluding hydrogens is 362 g/mol. The Morgan fingerprint density at radius 2 is 1.89 bits per heavy atom. The molecule has 7 heteroatoms. The number of non-ortho nitro benzene ring substituents is 1. The number of carbonyl (C=O) groups is 1. The van der Waals surface area contributed by atoms with E-state index in [1.807, 2.05) is 30.0 Å². The van der Waals surface area contributed by atoms with Gasteiger partial charge in [-0.05, 0) is 37.1 Å². The summed E-state index contributed by atoms with van der Waals surface area (Å²) < 4.78 is 0. The van der Waals surface area contributed by atoms with Crippen LogP contribution in [-0.2, 0) is 4.79 Å². The van der Waals surface area contributed by atoms with Crippen molar-refractivity contribution >= 4 is 23.4 Å². The number of likely N-dealkylation sites (tertiary alicyclic amines) is 1. The van der Waals surface area contributed by atoms with Gasteiger partial charge in [0.25, 0.3) is 5.69 Å². The molecule has 27 heavy (non-hydrogen) atoms. The Bertz CT molecular complexity index is 798. The Morgan fingerprint density at radius 1 is 1.22 bits per heavy atom. The molecule has 6 nitrogen and oxygen atoms in total. The summed E-state index contributed by atoms with van der Waals surface area (Å²) in [5.41, 5.74) is 7.24. The topological polar surface area (TPSA) is 89.5 Å². The summed E-state index contributed by atoms with van der Waals surface area (Å²) in [7, 11) is 0. The Kier molecular flexibility index (Phi) is 6.13. The van der Waals surface area contributed by atoms with Gasteiger partial charge in [0.05, 0.1) is 10.2 Å². The van der Waals surface area contributed by atoms with Crippen molar-refractivity contribution in [2.75, 3.05) is 19.6 Å². The zero-order valence-corrected chi connectivity index (χ0v) is 16.0. The number of nitro benzene ring substituents is 1. The third kappa shape index (κ3) is 4.48. The molecule has 1 saturated heterocycles. The summed E-state index contributed by atoms with van der Waals surface area (Å²) in [6.45, 7) is 3.77. The first-order chi connectivity index (χ1) is 13.0.